The maximum absolute atomic E-state index is 4.25. The third-order valence-electron chi connectivity index (χ3n) is 3.31. The van der Waals surface area contributed by atoms with Crippen molar-refractivity contribution in [3.8, 4) is 11.3 Å². The topological polar surface area (TPSA) is 30.7 Å². The largest absolute Gasteiger partial charge is 0.247 e. The maximum atomic E-state index is 4.25. The molecular formula is C17H17N3. The Morgan fingerprint density at radius 2 is 1.75 bits per heavy atom. The van der Waals surface area contributed by atoms with Crippen molar-refractivity contribution in [3.63, 3.8) is 0 Å². The second kappa shape index (κ2) is 5.29. The highest BCUT2D eigenvalue weighted by atomic mass is 15.4. The van der Waals surface area contributed by atoms with E-state index in [1.54, 1.807) is 0 Å². The van der Waals surface area contributed by atoms with E-state index >= 15 is 0 Å². The van der Waals surface area contributed by atoms with Crippen molar-refractivity contribution in [1.29, 1.82) is 0 Å². The summed E-state index contributed by atoms with van der Waals surface area (Å²) >= 11 is 0. The van der Waals surface area contributed by atoms with Gasteiger partial charge in [-0.1, -0.05) is 64.9 Å². The molecule has 0 aliphatic heterocycles. The van der Waals surface area contributed by atoms with Crippen LogP contribution in [0.1, 0.15) is 16.7 Å². The summed E-state index contributed by atoms with van der Waals surface area (Å²) in [6, 6.07) is 16.8. The van der Waals surface area contributed by atoms with Crippen molar-refractivity contribution in [2.75, 3.05) is 0 Å². The van der Waals surface area contributed by atoms with Crippen molar-refractivity contribution in [3.05, 3.63) is 71.4 Å². The van der Waals surface area contributed by atoms with Crippen LogP contribution in [0.3, 0.4) is 0 Å². The molecule has 100 valence electrons. The van der Waals surface area contributed by atoms with E-state index < -0.39 is 0 Å². The van der Waals surface area contributed by atoms with Crippen LogP contribution in [0.25, 0.3) is 11.3 Å². The number of rotatable bonds is 3. The zero-order valence-corrected chi connectivity index (χ0v) is 11.7. The molecule has 0 aliphatic carbocycles. The van der Waals surface area contributed by atoms with Crippen molar-refractivity contribution >= 4 is 0 Å². The van der Waals surface area contributed by atoms with E-state index in [1.807, 2.05) is 10.9 Å². The molecule has 0 atom stereocenters. The molecule has 0 unspecified atom stereocenters. The van der Waals surface area contributed by atoms with Gasteiger partial charge in [0.2, 0.25) is 0 Å². The lowest BCUT2D eigenvalue weighted by Crippen LogP contribution is -2.00. The molecule has 3 heteroatoms. The standard InChI is InChI=1S/C17H17N3/c1-13-6-8-16(9-7-13)17-12-20(19-18-17)11-15-5-3-4-14(2)10-15/h3-10,12H,11H2,1-2H3. The molecule has 0 spiro atoms. The smallest absolute Gasteiger partial charge is 0.113 e. The van der Waals surface area contributed by atoms with Crippen LogP contribution in [0.15, 0.2) is 54.7 Å². The summed E-state index contributed by atoms with van der Waals surface area (Å²) in [4.78, 5) is 0. The number of hydrogen-bond acceptors (Lipinski definition) is 2. The Hall–Kier alpha value is -2.42. The third-order valence-corrected chi connectivity index (χ3v) is 3.31. The number of benzene rings is 2. The van der Waals surface area contributed by atoms with E-state index in [4.69, 9.17) is 0 Å². The van der Waals surface area contributed by atoms with Crippen LogP contribution in [0.2, 0.25) is 0 Å². The summed E-state index contributed by atoms with van der Waals surface area (Å²) in [6.45, 7) is 4.93. The van der Waals surface area contributed by atoms with Gasteiger partial charge in [-0.15, -0.1) is 5.10 Å². The zero-order valence-electron chi connectivity index (χ0n) is 11.7. The average molecular weight is 263 g/mol. The minimum absolute atomic E-state index is 0.751. The highest BCUT2D eigenvalue weighted by Gasteiger charge is 2.04. The van der Waals surface area contributed by atoms with E-state index in [-0.39, 0.29) is 0 Å². The first-order valence-corrected chi connectivity index (χ1v) is 6.73. The SMILES string of the molecule is Cc1ccc(-c2cn(Cc3cccc(C)c3)nn2)cc1. The predicted octanol–water partition coefficient (Wildman–Crippen LogP) is 3.61. The minimum atomic E-state index is 0.751. The van der Waals surface area contributed by atoms with Gasteiger partial charge in [0.1, 0.15) is 5.69 Å². The van der Waals surface area contributed by atoms with Crippen molar-refractivity contribution in [2.45, 2.75) is 20.4 Å². The van der Waals surface area contributed by atoms with Gasteiger partial charge < -0.3 is 0 Å². The molecule has 3 aromatic rings. The molecule has 0 radical (unpaired) electrons. The number of aryl methyl sites for hydroxylation is 2. The lowest BCUT2D eigenvalue weighted by molar-refractivity contribution is 0.649. The van der Waals surface area contributed by atoms with Crippen LogP contribution in [0.4, 0.5) is 0 Å². The molecule has 0 aliphatic rings. The summed E-state index contributed by atoms with van der Waals surface area (Å²) in [7, 11) is 0. The Labute approximate surface area is 118 Å². The Morgan fingerprint density at radius 1 is 0.950 bits per heavy atom. The fourth-order valence-corrected chi connectivity index (χ4v) is 2.23. The van der Waals surface area contributed by atoms with Gasteiger partial charge in [-0.3, -0.25) is 0 Å². The molecule has 3 nitrogen and oxygen atoms in total. The molecule has 0 fully saturated rings. The molecule has 20 heavy (non-hydrogen) atoms. The Bertz CT molecular complexity index is 711. The highest BCUT2D eigenvalue weighted by Crippen LogP contribution is 2.17. The first-order valence-electron chi connectivity index (χ1n) is 6.73. The van der Waals surface area contributed by atoms with E-state index in [1.165, 1.54) is 16.7 Å². The molecular weight excluding hydrogens is 246 g/mol. The summed E-state index contributed by atoms with van der Waals surface area (Å²) < 4.78 is 1.88. The normalized spacial score (nSPS) is 10.7. The van der Waals surface area contributed by atoms with Crippen molar-refractivity contribution < 1.29 is 0 Å². The third kappa shape index (κ3) is 2.77. The van der Waals surface area contributed by atoms with Gasteiger partial charge in [-0.25, -0.2) is 4.68 Å². The van der Waals surface area contributed by atoms with E-state index in [9.17, 15) is 0 Å². The molecule has 0 N–H and O–H groups in total. The average Bonchev–Trinajstić information content (AvgIpc) is 2.88. The quantitative estimate of drug-likeness (QED) is 0.722. The molecule has 1 heterocycles. The van der Waals surface area contributed by atoms with Crippen LogP contribution in [0.5, 0.6) is 0 Å². The fraction of sp³-hybridized carbons (Fsp3) is 0.176. The molecule has 0 bridgehead atoms. The molecule has 0 saturated carbocycles. The van der Waals surface area contributed by atoms with E-state index in [0.717, 1.165) is 17.8 Å². The maximum Gasteiger partial charge on any atom is 0.113 e. The van der Waals surface area contributed by atoms with Crippen LogP contribution >= 0.6 is 0 Å². The molecule has 2 aromatic carbocycles. The van der Waals surface area contributed by atoms with Crippen molar-refractivity contribution in [1.82, 2.24) is 15.0 Å². The summed E-state index contributed by atoms with van der Waals surface area (Å²) in [5, 5.41) is 8.45. The number of nitrogens with zero attached hydrogens (tertiary/aromatic N) is 3. The fourth-order valence-electron chi connectivity index (χ4n) is 2.23. The molecule has 3 rings (SSSR count). The number of hydrogen-bond donors (Lipinski definition) is 0. The zero-order chi connectivity index (χ0) is 13.9. The second-order valence-electron chi connectivity index (χ2n) is 5.16. The minimum Gasteiger partial charge on any atom is -0.247 e. The second-order valence-corrected chi connectivity index (χ2v) is 5.16. The van der Waals surface area contributed by atoms with Gasteiger partial charge in [0, 0.05) is 5.56 Å². The summed E-state index contributed by atoms with van der Waals surface area (Å²) in [6.07, 6.45) is 1.99. The van der Waals surface area contributed by atoms with Gasteiger partial charge in [0.05, 0.1) is 12.7 Å². The van der Waals surface area contributed by atoms with Gasteiger partial charge in [0.25, 0.3) is 0 Å². The van der Waals surface area contributed by atoms with E-state index in [0.29, 0.717) is 0 Å². The van der Waals surface area contributed by atoms with Gasteiger partial charge in [0.15, 0.2) is 0 Å². The first kappa shape index (κ1) is 12.6. The lowest BCUT2D eigenvalue weighted by atomic mass is 10.1. The summed E-state index contributed by atoms with van der Waals surface area (Å²) in [5.41, 5.74) is 5.77. The molecule has 0 amide bonds. The van der Waals surface area contributed by atoms with Crippen LogP contribution in [-0.4, -0.2) is 15.0 Å². The number of aromatic nitrogens is 3. The molecule has 1 aromatic heterocycles. The van der Waals surface area contributed by atoms with Crippen LogP contribution < -0.4 is 0 Å². The van der Waals surface area contributed by atoms with Gasteiger partial charge >= 0.3 is 0 Å². The Kier molecular flexibility index (Phi) is 3.33. The van der Waals surface area contributed by atoms with Gasteiger partial charge in [-0.05, 0) is 19.4 Å². The predicted molar refractivity (Wildman–Crippen MR) is 80.5 cm³/mol. The van der Waals surface area contributed by atoms with Crippen LogP contribution in [-0.2, 0) is 6.54 Å². The van der Waals surface area contributed by atoms with E-state index in [2.05, 4.69) is 72.7 Å². The monoisotopic (exact) mass is 263 g/mol. The highest BCUT2D eigenvalue weighted by molar-refractivity contribution is 5.57. The Morgan fingerprint density at radius 3 is 2.50 bits per heavy atom. The molecule has 0 saturated heterocycles. The van der Waals surface area contributed by atoms with Gasteiger partial charge in [-0.2, -0.15) is 0 Å². The Balaban J connectivity index is 1.82. The van der Waals surface area contributed by atoms with Crippen LogP contribution in [0, 0.1) is 13.8 Å². The first-order chi connectivity index (χ1) is 9.70. The summed E-state index contributed by atoms with van der Waals surface area (Å²) in [5.74, 6) is 0. The lowest BCUT2D eigenvalue weighted by Gasteiger charge is -2.01. The van der Waals surface area contributed by atoms with Crippen molar-refractivity contribution in [2.24, 2.45) is 0 Å².